The molecule has 1 atom stereocenters. The molecule has 13 heteroatoms. The first-order valence-corrected chi connectivity index (χ1v) is 11.6. The number of nitrogens with one attached hydrogen (secondary N) is 1. The number of rotatable bonds is 4. The Bertz CT molecular complexity index is 971. The lowest BCUT2D eigenvalue weighted by Gasteiger charge is -2.20. The first kappa shape index (κ1) is 27.1. The van der Waals surface area contributed by atoms with Crippen LogP contribution in [0.1, 0.15) is 56.2 Å². The summed E-state index contributed by atoms with van der Waals surface area (Å²) in [6, 6.07) is -0.916. The van der Waals surface area contributed by atoms with Gasteiger partial charge in [-0.25, -0.2) is 23.1 Å². The monoisotopic (exact) mass is 506 g/mol. The van der Waals surface area contributed by atoms with Crippen molar-refractivity contribution in [2.45, 2.75) is 82.3 Å². The van der Waals surface area contributed by atoms with E-state index >= 15 is 0 Å². The number of amides is 2. The maximum Gasteiger partial charge on any atom is 0.410 e. The third kappa shape index (κ3) is 8.27. The van der Waals surface area contributed by atoms with Crippen LogP contribution in [-0.2, 0) is 17.8 Å². The topological polar surface area (TPSA) is 97.8 Å². The van der Waals surface area contributed by atoms with Gasteiger partial charge in [-0.2, -0.15) is 18.3 Å². The highest BCUT2D eigenvalue weighted by atomic mass is 19.4. The molecule has 1 aliphatic heterocycles. The summed E-state index contributed by atoms with van der Waals surface area (Å²) in [7, 11) is 1.76. The average molecular weight is 507 g/mol. The van der Waals surface area contributed by atoms with Crippen molar-refractivity contribution in [1.82, 2.24) is 24.8 Å². The minimum atomic E-state index is -4.45. The number of methoxy groups -OCH3 is 1. The van der Waals surface area contributed by atoms with E-state index < -0.39 is 30.7 Å². The highest BCUT2D eigenvalue weighted by molar-refractivity contribution is 5.77. The molecule has 0 bridgehead atoms. The second kappa shape index (κ2) is 11.5. The number of carbonyl (C=O) groups is 1. The first-order chi connectivity index (χ1) is 16.5. The quantitative estimate of drug-likeness (QED) is 0.611. The standard InChI is InChI=1S/C12H13F3N6O.C6H10F2.C4H8O/c13-12(14,15)9-6-20(11(22)19-9)4-7-1-10-18-8(2-16)5-21(10)17-3-7;7-6(8)4-2-1-3-5-6;1-5-4-2-3-4/h1,3,5,9H,2,4,6,16H2,(H,19,22);1-5H2;4H,2-3H2,1H3. The molecule has 1 saturated heterocycles. The minimum Gasteiger partial charge on any atom is -0.381 e. The Balaban J connectivity index is 0.000000214. The zero-order chi connectivity index (χ0) is 25.6. The predicted octanol–water partition coefficient (Wildman–Crippen LogP) is 4.03. The number of hydrogen-bond donors (Lipinski definition) is 2. The number of imidazole rings is 1. The van der Waals surface area contributed by atoms with E-state index in [0.717, 1.165) is 11.3 Å². The van der Waals surface area contributed by atoms with Crippen LogP contribution >= 0.6 is 0 Å². The van der Waals surface area contributed by atoms with Crippen LogP contribution in [0.2, 0.25) is 0 Å². The molecule has 35 heavy (non-hydrogen) atoms. The minimum absolute atomic E-state index is 0.0345. The van der Waals surface area contributed by atoms with Gasteiger partial charge in [-0.05, 0) is 37.3 Å². The van der Waals surface area contributed by atoms with E-state index in [0.29, 0.717) is 35.9 Å². The molecule has 3 aliphatic rings. The Hall–Kier alpha value is -2.54. The van der Waals surface area contributed by atoms with Gasteiger partial charge >= 0.3 is 12.2 Å². The van der Waals surface area contributed by atoms with E-state index in [9.17, 15) is 26.7 Å². The number of urea groups is 1. The lowest BCUT2D eigenvalue weighted by atomic mass is 9.97. The van der Waals surface area contributed by atoms with Crippen LogP contribution in [0.15, 0.2) is 18.5 Å². The van der Waals surface area contributed by atoms with Crippen molar-refractivity contribution >= 4 is 11.7 Å². The molecule has 8 nitrogen and oxygen atoms in total. The highest BCUT2D eigenvalue weighted by Crippen LogP contribution is 2.32. The fraction of sp³-hybridized carbons (Fsp3) is 0.682. The van der Waals surface area contributed by atoms with Gasteiger partial charge in [0, 0.05) is 33.0 Å². The summed E-state index contributed by atoms with van der Waals surface area (Å²) in [5.74, 6) is -2.32. The van der Waals surface area contributed by atoms with E-state index in [2.05, 4.69) is 10.1 Å². The van der Waals surface area contributed by atoms with Crippen LogP contribution in [0.3, 0.4) is 0 Å². The Morgan fingerprint density at radius 1 is 1.23 bits per heavy atom. The van der Waals surface area contributed by atoms with Gasteiger partial charge in [0.2, 0.25) is 5.92 Å². The summed E-state index contributed by atoms with van der Waals surface area (Å²) < 4.78 is 68.6. The molecule has 3 fully saturated rings. The lowest BCUT2D eigenvalue weighted by Crippen LogP contribution is -2.40. The molecular formula is C22H31F5N6O2. The number of ether oxygens (including phenoxy) is 1. The number of hydrogen-bond acceptors (Lipinski definition) is 5. The summed E-state index contributed by atoms with van der Waals surface area (Å²) in [6.45, 7) is -0.122. The van der Waals surface area contributed by atoms with E-state index in [4.69, 9.17) is 10.5 Å². The second-order valence-electron chi connectivity index (χ2n) is 8.88. The van der Waals surface area contributed by atoms with Crippen molar-refractivity contribution in [1.29, 1.82) is 0 Å². The van der Waals surface area contributed by atoms with E-state index in [1.807, 2.05) is 5.32 Å². The number of nitrogens with zero attached hydrogens (tertiary/aromatic N) is 4. The van der Waals surface area contributed by atoms with Gasteiger partial charge in [0.1, 0.15) is 6.04 Å². The van der Waals surface area contributed by atoms with Gasteiger partial charge in [0.25, 0.3) is 0 Å². The second-order valence-corrected chi connectivity index (χ2v) is 8.88. The molecule has 0 aromatic carbocycles. The van der Waals surface area contributed by atoms with Crippen molar-refractivity contribution < 1.29 is 31.5 Å². The van der Waals surface area contributed by atoms with Crippen LogP contribution < -0.4 is 11.1 Å². The molecule has 2 amide bonds. The third-order valence-electron chi connectivity index (χ3n) is 5.83. The zero-order valence-corrected chi connectivity index (χ0v) is 19.5. The Kier molecular flexibility index (Phi) is 8.86. The molecule has 196 valence electrons. The number of carbonyl (C=O) groups excluding carboxylic acids is 1. The Morgan fingerprint density at radius 3 is 2.37 bits per heavy atom. The highest BCUT2D eigenvalue weighted by Gasteiger charge is 2.46. The van der Waals surface area contributed by atoms with Crippen molar-refractivity contribution in [3.8, 4) is 0 Å². The smallest absolute Gasteiger partial charge is 0.381 e. The fourth-order valence-electron chi connectivity index (χ4n) is 3.65. The Morgan fingerprint density at radius 2 is 1.91 bits per heavy atom. The van der Waals surface area contributed by atoms with Gasteiger partial charge in [-0.3, -0.25) is 0 Å². The maximum atomic E-state index is 12.6. The SMILES string of the molecule is COC1CC1.FC1(F)CCCCC1.NCc1cn2ncc(CN3CC(C(F)(F)F)NC3=O)cc2n1. The van der Waals surface area contributed by atoms with Crippen LogP contribution in [0.4, 0.5) is 26.7 Å². The molecule has 2 aromatic rings. The maximum absolute atomic E-state index is 12.6. The number of nitrogens with two attached hydrogens (primary N) is 1. The largest absolute Gasteiger partial charge is 0.410 e. The van der Waals surface area contributed by atoms with E-state index in [-0.39, 0.29) is 25.9 Å². The summed E-state index contributed by atoms with van der Waals surface area (Å²) in [5.41, 5.74) is 7.27. The first-order valence-electron chi connectivity index (χ1n) is 11.6. The molecule has 2 aromatic heterocycles. The zero-order valence-electron chi connectivity index (χ0n) is 19.5. The number of aromatic nitrogens is 3. The summed E-state index contributed by atoms with van der Waals surface area (Å²) in [6.07, 6.45) is 4.58. The van der Waals surface area contributed by atoms with E-state index in [1.165, 1.54) is 23.6 Å². The number of alkyl halides is 5. The van der Waals surface area contributed by atoms with Gasteiger partial charge in [-0.1, -0.05) is 6.42 Å². The van der Waals surface area contributed by atoms with E-state index in [1.54, 1.807) is 19.4 Å². The van der Waals surface area contributed by atoms with Crippen molar-refractivity contribution in [3.63, 3.8) is 0 Å². The number of halogens is 5. The van der Waals surface area contributed by atoms with Gasteiger partial charge in [0.15, 0.2) is 5.65 Å². The molecular weight excluding hydrogens is 475 g/mol. The molecule has 5 rings (SSSR count). The van der Waals surface area contributed by atoms with Crippen molar-refractivity contribution in [3.05, 3.63) is 29.7 Å². The van der Waals surface area contributed by atoms with Crippen LogP contribution in [-0.4, -0.2) is 63.4 Å². The van der Waals surface area contributed by atoms with Crippen LogP contribution in [0.5, 0.6) is 0 Å². The fourth-order valence-corrected chi connectivity index (χ4v) is 3.65. The molecule has 3 heterocycles. The summed E-state index contributed by atoms with van der Waals surface area (Å²) in [4.78, 5) is 16.9. The Labute approximate surface area is 200 Å². The average Bonchev–Trinajstić information content (AvgIpc) is 3.45. The van der Waals surface area contributed by atoms with Crippen LogP contribution in [0, 0.1) is 0 Å². The molecule has 2 saturated carbocycles. The van der Waals surface area contributed by atoms with Crippen LogP contribution in [0.25, 0.3) is 5.65 Å². The predicted molar refractivity (Wildman–Crippen MR) is 118 cm³/mol. The normalized spacial score (nSPS) is 21.6. The number of fused-ring (bicyclic) bond motifs is 1. The van der Waals surface area contributed by atoms with Gasteiger partial charge < -0.3 is 20.7 Å². The molecule has 0 radical (unpaired) electrons. The lowest BCUT2D eigenvalue weighted by molar-refractivity contribution is -0.149. The van der Waals surface area contributed by atoms with Gasteiger partial charge in [-0.15, -0.1) is 0 Å². The molecule has 2 aliphatic carbocycles. The summed E-state index contributed by atoms with van der Waals surface area (Å²) in [5, 5.41) is 6.02. The van der Waals surface area contributed by atoms with Gasteiger partial charge in [0.05, 0.1) is 30.7 Å². The van der Waals surface area contributed by atoms with Crippen molar-refractivity contribution in [2.24, 2.45) is 5.73 Å². The molecule has 3 N–H and O–H groups in total. The summed E-state index contributed by atoms with van der Waals surface area (Å²) >= 11 is 0. The third-order valence-corrected chi connectivity index (χ3v) is 5.83. The molecule has 0 spiro atoms. The molecule has 1 unspecified atom stereocenters. The van der Waals surface area contributed by atoms with Crippen molar-refractivity contribution in [2.75, 3.05) is 13.7 Å².